The van der Waals surface area contributed by atoms with Crippen molar-refractivity contribution in [3.8, 4) is 0 Å². The van der Waals surface area contributed by atoms with Gasteiger partial charge in [-0.05, 0) is 24.1 Å². The molecular formula is C12H19N3O3S. The van der Waals surface area contributed by atoms with Gasteiger partial charge < -0.3 is 10.6 Å². The normalized spacial score (nSPS) is 11.3. The summed E-state index contributed by atoms with van der Waals surface area (Å²) in [5.41, 5.74) is 6.00. The van der Waals surface area contributed by atoms with Gasteiger partial charge in [-0.1, -0.05) is 13.3 Å². The van der Waals surface area contributed by atoms with Gasteiger partial charge in [0.2, 0.25) is 5.91 Å². The summed E-state index contributed by atoms with van der Waals surface area (Å²) < 4.78 is 23.2. The fourth-order valence-corrected chi connectivity index (χ4v) is 2.30. The molecule has 6 nitrogen and oxygen atoms in total. The lowest BCUT2D eigenvalue weighted by Gasteiger charge is -2.18. The molecule has 0 saturated heterocycles. The number of sulfone groups is 1. The molecule has 0 fully saturated rings. The molecule has 0 radical (unpaired) electrons. The van der Waals surface area contributed by atoms with E-state index in [-0.39, 0.29) is 11.6 Å². The van der Waals surface area contributed by atoms with E-state index in [1.807, 2.05) is 6.92 Å². The molecule has 1 aromatic heterocycles. The van der Waals surface area contributed by atoms with Crippen LogP contribution in [0.1, 0.15) is 18.9 Å². The summed E-state index contributed by atoms with van der Waals surface area (Å²) in [6.07, 6.45) is 2.76. The molecule has 1 amide bonds. The van der Waals surface area contributed by atoms with Crippen molar-refractivity contribution in [3.05, 3.63) is 17.7 Å². The van der Waals surface area contributed by atoms with Crippen LogP contribution >= 0.6 is 0 Å². The van der Waals surface area contributed by atoms with E-state index in [0.29, 0.717) is 5.82 Å². The molecule has 0 unspecified atom stereocenters. The number of primary amides is 1. The number of hydrogen-bond donors (Lipinski definition) is 1. The molecule has 0 saturated carbocycles. The molecule has 0 aliphatic carbocycles. The number of amides is 1. The Bertz CT molecular complexity index is 570. The zero-order chi connectivity index (χ0) is 14.6. The number of nitrogens with zero attached hydrogens (tertiary/aromatic N) is 2. The van der Waals surface area contributed by atoms with Crippen LogP contribution in [0.15, 0.2) is 17.2 Å². The maximum Gasteiger partial charge on any atom is 0.236 e. The van der Waals surface area contributed by atoms with Crippen molar-refractivity contribution in [3.63, 3.8) is 0 Å². The third-order valence-corrected chi connectivity index (χ3v) is 3.52. The van der Waals surface area contributed by atoms with E-state index in [0.717, 1.165) is 24.7 Å². The Labute approximate surface area is 113 Å². The lowest BCUT2D eigenvalue weighted by Crippen LogP contribution is -2.31. The molecule has 0 bridgehead atoms. The Hall–Kier alpha value is -1.63. The second-order valence-electron chi connectivity index (χ2n) is 4.52. The highest BCUT2D eigenvalue weighted by Gasteiger charge is 2.14. The molecule has 1 aromatic rings. The van der Waals surface area contributed by atoms with Gasteiger partial charge >= 0.3 is 0 Å². The van der Waals surface area contributed by atoms with E-state index in [1.165, 1.54) is 4.90 Å². The zero-order valence-corrected chi connectivity index (χ0v) is 12.2. The fourth-order valence-electron chi connectivity index (χ4n) is 1.68. The van der Waals surface area contributed by atoms with Crippen molar-refractivity contribution in [2.45, 2.75) is 24.8 Å². The maximum atomic E-state index is 11.6. The van der Waals surface area contributed by atoms with Gasteiger partial charge in [-0.3, -0.25) is 4.79 Å². The first kappa shape index (κ1) is 15.4. The van der Waals surface area contributed by atoms with Crippen molar-refractivity contribution in [2.75, 3.05) is 24.7 Å². The van der Waals surface area contributed by atoms with Gasteiger partial charge in [0, 0.05) is 13.3 Å². The van der Waals surface area contributed by atoms with Crippen molar-refractivity contribution >= 4 is 21.6 Å². The first-order valence-electron chi connectivity index (χ1n) is 5.94. The third-order valence-electron chi connectivity index (χ3n) is 2.55. The van der Waals surface area contributed by atoms with E-state index < -0.39 is 15.7 Å². The quantitative estimate of drug-likeness (QED) is 0.814. The summed E-state index contributed by atoms with van der Waals surface area (Å²) in [6, 6.07) is 3.35. The highest BCUT2D eigenvalue weighted by atomic mass is 32.2. The number of rotatable bonds is 6. The van der Waals surface area contributed by atoms with Crippen molar-refractivity contribution in [1.29, 1.82) is 0 Å². The van der Waals surface area contributed by atoms with Crippen LogP contribution in [0.2, 0.25) is 0 Å². The standard InChI is InChI=1S/C12H19N3O3S/c1-4-5-9-6-11(15(2)8-10(13)16)14-12(7-9)19(3,17)18/h6-7H,4-5,8H2,1-3H3,(H2,13,16). The van der Waals surface area contributed by atoms with E-state index in [2.05, 4.69) is 4.98 Å². The Kier molecular flexibility index (Phi) is 4.88. The lowest BCUT2D eigenvalue weighted by molar-refractivity contribution is -0.116. The van der Waals surface area contributed by atoms with E-state index >= 15 is 0 Å². The Balaban J connectivity index is 3.23. The number of anilines is 1. The van der Waals surface area contributed by atoms with Crippen LogP contribution < -0.4 is 10.6 Å². The summed E-state index contributed by atoms with van der Waals surface area (Å²) in [4.78, 5) is 16.5. The lowest BCUT2D eigenvalue weighted by atomic mass is 10.1. The van der Waals surface area contributed by atoms with Crippen LogP contribution in [-0.4, -0.2) is 39.2 Å². The smallest absolute Gasteiger partial charge is 0.236 e. The maximum absolute atomic E-state index is 11.6. The third kappa shape index (κ3) is 4.51. The summed E-state index contributed by atoms with van der Waals surface area (Å²) in [5.74, 6) is -0.0590. The van der Waals surface area contributed by atoms with Crippen molar-refractivity contribution in [1.82, 2.24) is 4.98 Å². The highest BCUT2D eigenvalue weighted by molar-refractivity contribution is 7.90. The van der Waals surface area contributed by atoms with Crippen LogP contribution in [-0.2, 0) is 21.1 Å². The minimum atomic E-state index is -3.38. The second kappa shape index (κ2) is 6.01. The van der Waals surface area contributed by atoms with Gasteiger partial charge in [-0.2, -0.15) is 0 Å². The first-order chi connectivity index (χ1) is 8.74. The summed E-state index contributed by atoms with van der Waals surface area (Å²) >= 11 is 0. The molecule has 0 aliphatic heterocycles. The Morgan fingerprint density at radius 3 is 2.53 bits per heavy atom. The van der Waals surface area contributed by atoms with Crippen molar-refractivity contribution < 1.29 is 13.2 Å². The number of carbonyl (C=O) groups is 1. The highest BCUT2D eigenvalue weighted by Crippen LogP contribution is 2.18. The number of likely N-dealkylation sites (N-methyl/N-ethyl adjacent to an activating group) is 1. The molecule has 0 aliphatic rings. The molecule has 0 spiro atoms. The number of aryl methyl sites for hydroxylation is 1. The van der Waals surface area contributed by atoms with E-state index in [1.54, 1.807) is 19.2 Å². The van der Waals surface area contributed by atoms with E-state index in [9.17, 15) is 13.2 Å². The molecule has 1 rings (SSSR count). The van der Waals surface area contributed by atoms with Gasteiger partial charge in [-0.15, -0.1) is 0 Å². The minimum absolute atomic E-state index is 0.00815. The van der Waals surface area contributed by atoms with Gasteiger partial charge in [0.05, 0.1) is 6.54 Å². The molecule has 0 aromatic carbocycles. The average Bonchev–Trinajstić information content (AvgIpc) is 2.27. The monoisotopic (exact) mass is 285 g/mol. The Morgan fingerprint density at radius 2 is 2.05 bits per heavy atom. The molecule has 7 heteroatoms. The van der Waals surface area contributed by atoms with Gasteiger partial charge in [0.15, 0.2) is 14.9 Å². The number of carbonyl (C=O) groups excluding carboxylic acids is 1. The van der Waals surface area contributed by atoms with Crippen LogP contribution in [0, 0.1) is 0 Å². The molecule has 106 valence electrons. The number of nitrogens with two attached hydrogens (primary N) is 1. The Morgan fingerprint density at radius 1 is 1.42 bits per heavy atom. The molecule has 2 N–H and O–H groups in total. The molecule has 1 heterocycles. The largest absolute Gasteiger partial charge is 0.368 e. The predicted molar refractivity (Wildman–Crippen MR) is 73.8 cm³/mol. The first-order valence-corrected chi connectivity index (χ1v) is 7.83. The number of aromatic nitrogens is 1. The van der Waals surface area contributed by atoms with Crippen LogP contribution in [0.5, 0.6) is 0 Å². The van der Waals surface area contributed by atoms with Crippen LogP contribution in [0.25, 0.3) is 0 Å². The van der Waals surface area contributed by atoms with Gasteiger partial charge in [0.1, 0.15) is 5.82 Å². The molecular weight excluding hydrogens is 266 g/mol. The predicted octanol–water partition coefficient (Wildman–Crippen LogP) is 0.359. The molecule has 0 atom stereocenters. The SMILES string of the molecule is CCCc1cc(N(C)CC(N)=O)nc(S(C)(=O)=O)c1. The summed E-state index contributed by atoms with van der Waals surface area (Å²) in [5, 5.41) is 0.0183. The number of hydrogen-bond acceptors (Lipinski definition) is 5. The van der Waals surface area contributed by atoms with Crippen LogP contribution in [0.3, 0.4) is 0 Å². The number of pyridine rings is 1. The van der Waals surface area contributed by atoms with Gasteiger partial charge in [-0.25, -0.2) is 13.4 Å². The minimum Gasteiger partial charge on any atom is -0.368 e. The summed E-state index contributed by atoms with van der Waals surface area (Å²) in [6.45, 7) is 2.00. The van der Waals surface area contributed by atoms with Crippen molar-refractivity contribution in [2.24, 2.45) is 5.73 Å². The summed E-state index contributed by atoms with van der Waals surface area (Å²) in [7, 11) is -1.73. The second-order valence-corrected chi connectivity index (χ2v) is 6.48. The average molecular weight is 285 g/mol. The van der Waals surface area contributed by atoms with Crippen LogP contribution in [0.4, 0.5) is 5.82 Å². The molecule has 19 heavy (non-hydrogen) atoms. The topological polar surface area (TPSA) is 93.4 Å². The fraction of sp³-hybridized carbons (Fsp3) is 0.500. The zero-order valence-electron chi connectivity index (χ0n) is 11.4. The van der Waals surface area contributed by atoms with E-state index in [4.69, 9.17) is 5.73 Å². The van der Waals surface area contributed by atoms with Gasteiger partial charge in [0.25, 0.3) is 0 Å².